The smallest absolute Gasteiger partial charge is 0.294 e. The van der Waals surface area contributed by atoms with Crippen molar-refractivity contribution in [3.05, 3.63) is 46.5 Å². The second-order valence-corrected chi connectivity index (χ2v) is 7.48. The van der Waals surface area contributed by atoms with Gasteiger partial charge >= 0.3 is 0 Å². The van der Waals surface area contributed by atoms with Crippen molar-refractivity contribution < 1.29 is 32.4 Å². The van der Waals surface area contributed by atoms with Gasteiger partial charge in [-0.3, -0.25) is 9.76 Å². The third kappa shape index (κ3) is 7.61. The van der Waals surface area contributed by atoms with Crippen molar-refractivity contribution >= 4 is 33.9 Å². The Bertz CT molecular complexity index is 1040. The van der Waals surface area contributed by atoms with Gasteiger partial charge in [0.15, 0.2) is 11.5 Å². The quantitative estimate of drug-likeness (QED) is 0.212. The molecule has 13 heteroatoms. The number of hydrogen-bond acceptors (Lipinski definition) is 8. The average Bonchev–Trinajstić information content (AvgIpc) is 2.74. The van der Waals surface area contributed by atoms with E-state index in [0.717, 1.165) is 5.56 Å². The third-order valence-electron chi connectivity index (χ3n) is 3.59. The van der Waals surface area contributed by atoms with Crippen molar-refractivity contribution in [3.63, 3.8) is 0 Å². The predicted molar refractivity (Wildman–Crippen MR) is 116 cm³/mol. The summed E-state index contributed by atoms with van der Waals surface area (Å²) in [6.45, 7) is 1.84. The zero-order chi connectivity index (χ0) is 23.6. The molecule has 0 aromatic heterocycles. The van der Waals surface area contributed by atoms with Crippen molar-refractivity contribution in [2.45, 2.75) is 11.8 Å². The second kappa shape index (κ2) is 12.0. The monoisotopic (exact) mass is 474 g/mol. The van der Waals surface area contributed by atoms with E-state index in [4.69, 9.17) is 41.3 Å². The first-order chi connectivity index (χ1) is 14.6. The lowest BCUT2D eigenvalue weighted by molar-refractivity contribution is 0.232. The number of methoxy groups -OCH3 is 3. The van der Waals surface area contributed by atoms with Gasteiger partial charge in [-0.2, -0.15) is 13.5 Å². The topological polar surface area (TPSA) is 165 Å². The highest BCUT2D eigenvalue weighted by Crippen LogP contribution is 2.44. The number of aryl methyl sites for hydroxylation is 1. The number of nitrogens with zero attached hydrogens (tertiary/aromatic N) is 2. The average molecular weight is 475 g/mol. The maximum absolute atomic E-state index is 10.5. The molecule has 0 atom stereocenters. The van der Waals surface area contributed by atoms with Crippen LogP contribution in [-0.4, -0.2) is 51.7 Å². The maximum atomic E-state index is 10.5. The number of halogens is 1. The van der Waals surface area contributed by atoms with Gasteiger partial charge in [0.1, 0.15) is 0 Å². The zero-order valence-corrected chi connectivity index (χ0v) is 18.7. The summed E-state index contributed by atoms with van der Waals surface area (Å²) in [6.07, 6.45) is 1.33. The summed E-state index contributed by atoms with van der Waals surface area (Å²) in [5.74, 6) is 0.849. The molecule has 5 N–H and O–H groups in total. The lowest BCUT2D eigenvalue weighted by Crippen LogP contribution is -2.27. The first-order valence-corrected chi connectivity index (χ1v) is 10.2. The van der Waals surface area contributed by atoms with Gasteiger partial charge in [0.25, 0.3) is 10.1 Å². The maximum Gasteiger partial charge on any atom is 0.294 e. The number of hydrogen-bond donors (Lipinski definition) is 4. The summed E-state index contributed by atoms with van der Waals surface area (Å²) in [7, 11) is 0.393. The minimum atomic E-state index is -4.02. The van der Waals surface area contributed by atoms with Gasteiger partial charge in [0.05, 0.1) is 37.5 Å². The highest BCUT2D eigenvalue weighted by atomic mass is 35.5. The molecule has 2 aromatic rings. The first-order valence-electron chi connectivity index (χ1n) is 8.38. The van der Waals surface area contributed by atoms with Crippen LogP contribution in [-0.2, 0) is 10.1 Å². The Hall–Kier alpha value is -3.06. The number of guanidine groups is 1. The van der Waals surface area contributed by atoms with E-state index in [0.29, 0.717) is 22.8 Å². The molecule has 0 bridgehead atoms. The van der Waals surface area contributed by atoms with Crippen molar-refractivity contribution in [3.8, 4) is 17.2 Å². The van der Waals surface area contributed by atoms with E-state index in [2.05, 4.69) is 10.2 Å². The Morgan fingerprint density at radius 2 is 1.71 bits per heavy atom. The zero-order valence-electron chi connectivity index (χ0n) is 17.2. The van der Waals surface area contributed by atoms with Crippen molar-refractivity contribution in [1.29, 1.82) is 0 Å². The van der Waals surface area contributed by atoms with Gasteiger partial charge in [0, 0.05) is 5.56 Å². The van der Waals surface area contributed by atoms with Gasteiger partial charge < -0.3 is 19.9 Å². The molecule has 0 saturated heterocycles. The van der Waals surface area contributed by atoms with Gasteiger partial charge in [-0.15, -0.1) is 5.10 Å². The van der Waals surface area contributed by atoms with Crippen LogP contribution in [0.5, 0.6) is 17.2 Å². The number of nitrogens with one attached hydrogen (secondary N) is 1. The Morgan fingerprint density at radius 1 is 1.13 bits per heavy atom. The van der Waals surface area contributed by atoms with Crippen LogP contribution in [0.4, 0.5) is 0 Å². The van der Waals surface area contributed by atoms with Gasteiger partial charge in [-0.05, 0) is 25.1 Å². The molecule has 170 valence electrons. The molecule has 11 nitrogen and oxygen atoms in total. The minimum absolute atomic E-state index is 0.0666. The van der Waals surface area contributed by atoms with Crippen LogP contribution >= 0.6 is 11.6 Å². The van der Waals surface area contributed by atoms with E-state index in [9.17, 15) is 8.42 Å². The molecule has 0 unspecified atom stereocenters. The SMILES string of the molecule is COc1cc(/C=N/N=C(N)NO)c(Cl)c(OC)c1OC.Cc1ccc(S(=O)(=O)O)cc1. The molecule has 0 fully saturated rings. The summed E-state index contributed by atoms with van der Waals surface area (Å²) >= 11 is 6.17. The number of benzene rings is 2. The van der Waals surface area contributed by atoms with Crippen molar-refractivity contribution in [2.24, 2.45) is 15.9 Å². The van der Waals surface area contributed by atoms with E-state index < -0.39 is 10.1 Å². The van der Waals surface area contributed by atoms with E-state index in [-0.39, 0.29) is 15.9 Å². The molecule has 2 rings (SSSR count). The van der Waals surface area contributed by atoms with E-state index in [1.807, 2.05) is 6.92 Å². The van der Waals surface area contributed by atoms with Crippen LogP contribution in [0.15, 0.2) is 45.4 Å². The second-order valence-electron chi connectivity index (χ2n) is 5.68. The molecule has 0 radical (unpaired) electrons. The highest BCUT2D eigenvalue weighted by molar-refractivity contribution is 7.85. The molecule has 0 amide bonds. The highest BCUT2D eigenvalue weighted by Gasteiger charge is 2.18. The van der Waals surface area contributed by atoms with Gasteiger partial charge in [-0.25, -0.2) is 5.48 Å². The molecule has 2 aromatic carbocycles. The summed E-state index contributed by atoms with van der Waals surface area (Å²) in [5, 5.41) is 15.9. The molecular formula is C18H23ClN4O7S. The van der Waals surface area contributed by atoms with E-state index in [1.54, 1.807) is 23.7 Å². The Kier molecular flexibility index (Phi) is 10.0. The standard InChI is InChI=1S/C11H15ClN4O4.C7H8O3S/c1-18-7-4-6(5-14-15-11(13)16-17)8(12)10(20-3)9(7)19-2;1-6-2-4-7(5-3-6)11(8,9)10/h4-5,17H,1-3H3,(H3,13,15,16);2-5H,1H3,(H,8,9,10)/b14-5+;. The summed E-state index contributed by atoms with van der Waals surface area (Å²) in [4.78, 5) is -0.0666. The van der Waals surface area contributed by atoms with Crippen LogP contribution in [0.3, 0.4) is 0 Å². The fourth-order valence-corrected chi connectivity index (χ4v) is 2.87. The van der Waals surface area contributed by atoms with E-state index >= 15 is 0 Å². The van der Waals surface area contributed by atoms with Crippen LogP contribution < -0.4 is 25.4 Å². The van der Waals surface area contributed by atoms with Crippen LogP contribution in [0.2, 0.25) is 5.02 Å². The number of nitrogens with two attached hydrogens (primary N) is 1. The predicted octanol–water partition coefficient (Wildman–Crippen LogP) is 2.23. The molecule has 0 aliphatic heterocycles. The summed E-state index contributed by atoms with van der Waals surface area (Å²) < 4.78 is 45.1. The lowest BCUT2D eigenvalue weighted by Gasteiger charge is -2.14. The Balaban J connectivity index is 0.000000367. The molecule has 0 spiro atoms. The number of rotatable bonds is 6. The van der Waals surface area contributed by atoms with Crippen LogP contribution in [0.25, 0.3) is 0 Å². The third-order valence-corrected chi connectivity index (χ3v) is 4.85. The Morgan fingerprint density at radius 3 is 2.16 bits per heavy atom. The van der Waals surface area contributed by atoms with E-state index in [1.165, 1.54) is 39.7 Å². The molecule has 0 aliphatic rings. The fraction of sp³-hybridized carbons (Fsp3) is 0.222. The summed E-state index contributed by atoms with van der Waals surface area (Å²) in [6, 6.07) is 7.59. The van der Waals surface area contributed by atoms with Gasteiger partial charge in [0.2, 0.25) is 11.7 Å². The van der Waals surface area contributed by atoms with Crippen LogP contribution in [0, 0.1) is 6.92 Å². The van der Waals surface area contributed by atoms with Crippen LogP contribution in [0.1, 0.15) is 11.1 Å². The fourth-order valence-electron chi connectivity index (χ4n) is 2.12. The Labute approximate surface area is 184 Å². The number of hydroxylamine groups is 1. The molecule has 0 heterocycles. The minimum Gasteiger partial charge on any atom is -0.493 e. The first kappa shape index (κ1) is 26.0. The molecule has 31 heavy (non-hydrogen) atoms. The number of ether oxygens (including phenoxy) is 3. The normalized spacial score (nSPS) is 11.5. The lowest BCUT2D eigenvalue weighted by atomic mass is 10.2. The van der Waals surface area contributed by atoms with Crippen molar-refractivity contribution in [2.75, 3.05) is 21.3 Å². The molecular weight excluding hydrogens is 452 g/mol. The largest absolute Gasteiger partial charge is 0.493 e. The molecule has 0 saturated carbocycles. The van der Waals surface area contributed by atoms with Crippen molar-refractivity contribution in [1.82, 2.24) is 5.48 Å². The summed E-state index contributed by atoms with van der Waals surface area (Å²) in [5.41, 5.74) is 8.28. The van der Waals surface area contributed by atoms with Gasteiger partial charge in [-0.1, -0.05) is 29.3 Å². The molecule has 0 aliphatic carbocycles.